The van der Waals surface area contributed by atoms with Crippen molar-refractivity contribution >= 4 is 11.7 Å². The molecular formula is C22H28N2O2. The number of likely N-dealkylation sites (tertiary alicyclic amines) is 1. The van der Waals surface area contributed by atoms with Crippen molar-refractivity contribution in [1.29, 1.82) is 0 Å². The number of piperidine rings is 1. The number of anilines is 1. The smallest absolute Gasteiger partial charge is 0.331 e. The van der Waals surface area contributed by atoms with Crippen molar-refractivity contribution in [3.63, 3.8) is 0 Å². The Hall–Kier alpha value is -2.33. The summed E-state index contributed by atoms with van der Waals surface area (Å²) in [5.41, 5.74) is 2.90. The third-order valence-corrected chi connectivity index (χ3v) is 5.28. The molecule has 2 aromatic carbocycles. The standard InChI is InChI=1S/C22H28N2O2/c1-18-8-10-20(11-9-18)23-22(21(25)26-2)13-16-24(17-14-22)15-12-19-6-4-3-5-7-19/h3-11,23H,12-17H2,1-2H3. The first-order chi connectivity index (χ1) is 12.6. The van der Waals surface area contributed by atoms with Gasteiger partial charge in [-0.2, -0.15) is 0 Å². The SMILES string of the molecule is COC(=O)C1(Nc2ccc(C)cc2)CCN(CCc2ccccc2)CC1. The highest BCUT2D eigenvalue weighted by atomic mass is 16.5. The summed E-state index contributed by atoms with van der Waals surface area (Å²) in [7, 11) is 1.47. The van der Waals surface area contributed by atoms with Gasteiger partial charge in [0.25, 0.3) is 0 Å². The van der Waals surface area contributed by atoms with Gasteiger partial charge in [-0.25, -0.2) is 4.79 Å². The maximum atomic E-state index is 12.5. The lowest BCUT2D eigenvalue weighted by Crippen LogP contribution is -2.55. The summed E-state index contributed by atoms with van der Waals surface area (Å²) in [5, 5.41) is 3.47. The van der Waals surface area contributed by atoms with E-state index in [9.17, 15) is 4.79 Å². The van der Waals surface area contributed by atoms with Crippen LogP contribution in [0.15, 0.2) is 54.6 Å². The number of nitrogens with one attached hydrogen (secondary N) is 1. The van der Waals surface area contributed by atoms with Crippen molar-refractivity contribution < 1.29 is 9.53 Å². The van der Waals surface area contributed by atoms with Crippen LogP contribution in [0.3, 0.4) is 0 Å². The van der Waals surface area contributed by atoms with Crippen molar-refractivity contribution in [2.75, 3.05) is 32.1 Å². The second kappa shape index (κ2) is 8.37. The van der Waals surface area contributed by atoms with Gasteiger partial charge >= 0.3 is 5.97 Å². The summed E-state index contributed by atoms with van der Waals surface area (Å²) < 4.78 is 5.13. The van der Waals surface area contributed by atoms with Crippen LogP contribution in [-0.4, -0.2) is 43.2 Å². The number of benzene rings is 2. The molecule has 4 heteroatoms. The van der Waals surface area contributed by atoms with E-state index >= 15 is 0 Å². The highest BCUT2D eigenvalue weighted by Crippen LogP contribution is 2.29. The Morgan fingerprint density at radius 3 is 2.35 bits per heavy atom. The molecule has 1 N–H and O–H groups in total. The summed E-state index contributed by atoms with van der Waals surface area (Å²) in [6, 6.07) is 18.7. The molecule has 0 atom stereocenters. The fraction of sp³-hybridized carbons (Fsp3) is 0.409. The van der Waals surface area contributed by atoms with Gasteiger partial charge in [-0.15, -0.1) is 0 Å². The van der Waals surface area contributed by atoms with Gasteiger partial charge in [-0.3, -0.25) is 0 Å². The van der Waals surface area contributed by atoms with Crippen LogP contribution in [0.25, 0.3) is 0 Å². The topological polar surface area (TPSA) is 41.6 Å². The molecule has 4 nitrogen and oxygen atoms in total. The molecule has 138 valence electrons. The molecule has 26 heavy (non-hydrogen) atoms. The lowest BCUT2D eigenvalue weighted by molar-refractivity contribution is -0.147. The number of aryl methyl sites for hydroxylation is 1. The lowest BCUT2D eigenvalue weighted by Gasteiger charge is -2.40. The number of ether oxygens (including phenoxy) is 1. The second-order valence-corrected chi connectivity index (χ2v) is 7.14. The number of nitrogens with zero attached hydrogens (tertiary/aromatic N) is 1. The molecule has 1 heterocycles. The van der Waals surface area contributed by atoms with E-state index < -0.39 is 5.54 Å². The summed E-state index contributed by atoms with van der Waals surface area (Å²) in [6.45, 7) is 4.86. The summed E-state index contributed by atoms with van der Waals surface area (Å²) >= 11 is 0. The fourth-order valence-corrected chi connectivity index (χ4v) is 3.58. The van der Waals surface area contributed by atoms with E-state index in [1.165, 1.54) is 18.2 Å². The third-order valence-electron chi connectivity index (χ3n) is 5.28. The molecule has 0 radical (unpaired) electrons. The van der Waals surface area contributed by atoms with Crippen LogP contribution in [0.5, 0.6) is 0 Å². The Morgan fingerprint density at radius 1 is 1.08 bits per heavy atom. The Bertz CT molecular complexity index is 705. The zero-order valence-electron chi connectivity index (χ0n) is 15.7. The number of rotatable bonds is 6. The van der Waals surface area contributed by atoms with Crippen LogP contribution in [0, 0.1) is 6.92 Å². The van der Waals surface area contributed by atoms with Crippen LogP contribution in [-0.2, 0) is 16.0 Å². The number of carbonyl (C=O) groups is 1. The van der Waals surface area contributed by atoms with Gasteiger partial charge < -0.3 is 15.0 Å². The Labute approximate surface area is 156 Å². The van der Waals surface area contributed by atoms with Gasteiger partial charge in [-0.05, 0) is 43.9 Å². The summed E-state index contributed by atoms with van der Waals surface area (Å²) in [4.78, 5) is 15.0. The number of hydrogen-bond donors (Lipinski definition) is 1. The van der Waals surface area contributed by atoms with Crippen molar-refractivity contribution in [2.45, 2.75) is 31.7 Å². The van der Waals surface area contributed by atoms with Crippen molar-refractivity contribution in [3.05, 3.63) is 65.7 Å². The molecule has 0 bridgehead atoms. The van der Waals surface area contributed by atoms with Gasteiger partial charge in [0, 0.05) is 25.3 Å². The number of methoxy groups -OCH3 is 1. The monoisotopic (exact) mass is 352 g/mol. The zero-order chi connectivity index (χ0) is 18.4. The predicted octanol–water partition coefficient (Wildman–Crippen LogP) is 3.66. The molecule has 3 rings (SSSR count). The van der Waals surface area contributed by atoms with Crippen LogP contribution in [0.1, 0.15) is 24.0 Å². The largest absolute Gasteiger partial charge is 0.467 e. The number of carbonyl (C=O) groups excluding carboxylic acids is 1. The van der Waals surface area contributed by atoms with E-state index in [1.807, 2.05) is 18.2 Å². The minimum atomic E-state index is -0.632. The van der Waals surface area contributed by atoms with E-state index in [4.69, 9.17) is 4.74 Å². The van der Waals surface area contributed by atoms with Gasteiger partial charge in [0.1, 0.15) is 5.54 Å². The first-order valence-corrected chi connectivity index (χ1v) is 9.31. The molecule has 1 aliphatic rings. The van der Waals surface area contributed by atoms with Gasteiger partial charge in [0.05, 0.1) is 7.11 Å². The van der Waals surface area contributed by atoms with E-state index in [2.05, 4.69) is 53.5 Å². The van der Waals surface area contributed by atoms with Gasteiger partial charge in [0.15, 0.2) is 0 Å². The summed E-state index contributed by atoms with van der Waals surface area (Å²) in [5.74, 6) is -0.166. The third kappa shape index (κ3) is 4.44. The number of esters is 1. The maximum Gasteiger partial charge on any atom is 0.331 e. The predicted molar refractivity (Wildman–Crippen MR) is 105 cm³/mol. The molecule has 1 aliphatic heterocycles. The molecule has 0 unspecified atom stereocenters. The second-order valence-electron chi connectivity index (χ2n) is 7.14. The van der Waals surface area contributed by atoms with E-state index in [1.54, 1.807) is 0 Å². The van der Waals surface area contributed by atoms with E-state index in [-0.39, 0.29) is 5.97 Å². The molecular weight excluding hydrogens is 324 g/mol. The van der Waals surface area contributed by atoms with Gasteiger partial charge in [-0.1, -0.05) is 48.0 Å². The maximum absolute atomic E-state index is 12.5. The quantitative estimate of drug-likeness (QED) is 0.806. The molecule has 0 amide bonds. The first-order valence-electron chi connectivity index (χ1n) is 9.31. The summed E-state index contributed by atoms with van der Waals surface area (Å²) in [6.07, 6.45) is 2.54. The molecule has 0 aliphatic carbocycles. The Kier molecular flexibility index (Phi) is 5.94. The van der Waals surface area contributed by atoms with Crippen LogP contribution in [0.4, 0.5) is 5.69 Å². The minimum Gasteiger partial charge on any atom is -0.467 e. The molecule has 2 aromatic rings. The Balaban J connectivity index is 1.61. The van der Waals surface area contributed by atoms with Crippen molar-refractivity contribution in [3.8, 4) is 0 Å². The normalized spacial score (nSPS) is 16.8. The van der Waals surface area contributed by atoms with Crippen LogP contribution >= 0.6 is 0 Å². The van der Waals surface area contributed by atoms with Crippen LogP contribution < -0.4 is 5.32 Å². The molecule has 0 saturated carbocycles. The number of hydrogen-bond acceptors (Lipinski definition) is 4. The fourth-order valence-electron chi connectivity index (χ4n) is 3.58. The average molecular weight is 352 g/mol. The zero-order valence-corrected chi connectivity index (χ0v) is 15.7. The van der Waals surface area contributed by atoms with Crippen molar-refractivity contribution in [1.82, 2.24) is 4.90 Å². The molecule has 1 fully saturated rings. The van der Waals surface area contributed by atoms with Crippen molar-refractivity contribution in [2.24, 2.45) is 0 Å². The minimum absolute atomic E-state index is 0.166. The average Bonchev–Trinajstić information content (AvgIpc) is 2.69. The molecule has 1 saturated heterocycles. The van der Waals surface area contributed by atoms with E-state index in [0.717, 1.165) is 44.6 Å². The first kappa shape index (κ1) is 18.5. The van der Waals surface area contributed by atoms with E-state index in [0.29, 0.717) is 0 Å². The highest BCUT2D eigenvalue weighted by molar-refractivity contribution is 5.84. The lowest BCUT2D eigenvalue weighted by atomic mass is 9.86. The van der Waals surface area contributed by atoms with Crippen LogP contribution in [0.2, 0.25) is 0 Å². The highest BCUT2D eigenvalue weighted by Gasteiger charge is 2.42. The molecule has 0 spiro atoms. The molecule has 0 aromatic heterocycles. The Morgan fingerprint density at radius 2 is 1.73 bits per heavy atom. The van der Waals surface area contributed by atoms with Gasteiger partial charge in [0.2, 0.25) is 0 Å².